The summed E-state index contributed by atoms with van der Waals surface area (Å²) in [6, 6.07) is 8.66. The molecule has 1 aromatic heterocycles. The number of hydrogen-bond donors (Lipinski definition) is 1. The van der Waals surface area contributed by atoms with Gasteiger partial charge in [0.15, 0.2) is 5.03 Å². The first kappa shape index (κ1) is 20.0. The Labute approximate surface area is 164 Å². The maximum atomic E-state index is 12.7. The van der Waals surface area contributed by atoms with Crippen LogP contribution in [0.15, 0.2) is 47.9 Å². The van der Waals surface area contributed by atoms with E-state index in [0.717, 1.165) is 0 Å². The number of hydrogen-bond acceptors (Lipinski definition) is 5. The maximum Gasteiger partial charge on any atom is 0.262 e. The normalized spacial score (nSPS) is 15.8. The van der Waals surface area contributed by atoms with Crippen molar-refractivity contribution >= 4 is 21.8 Å². The van der Waals surface area contributed by atoms with Crippen LogP contribution >= 0.6 is 0 Å². The zero-order valence-corrected chi connectivity index (χ0v) is 16.4. The molecule has 2 amide bonds. The molecule has 1 aliphatic heterocycles. The Balaban J connectivity index is 1.56. The van der Waals surface area contributed by atoms with Crippen molar-refractivity contribution in [1.82, 2.24) is 24.1 Å². The fourth-order valence-corrected chi connectivity index (χ4v) is 4.43. The van der Waals surface area contributed by atoms with Gasteiger partial charge in [-0.15, -0.1) is 0 Å². The number of imidazole rings is 1. The summed E-state index contributed by atoms with van der Waals surface area (Å²) < 4.78 is 28.3. The SMILES string of the molecule is Cn1cnc(S(=O)(=O)N2CCCN(C(=O)CNC(=O)c3ccccc3)CC2)c1. The van der Waals surface area contributed by atoms with Crippen molar-refractivity contribution in [1.29, 1.82) is 0 Å². The molecule has 0 saturated carbocycles. The minimum atomic E-state index is -3.68. The standard InChI is InChI=1S/C18H23N5O4S/c1-21-13-16(20-14-21)28(26,27)23-9-5-8-22(10-11-23)17(24)12-19-18(25)15-6-3-2-4-7-15/h2-4,6-7,13-14H,5,8-12H2,1H3,(H,19,25). The fourth-order valence-electron chi connectivity index (χ4n) is 3.00. The number of aromatic nitrogens is 2. The molecule has 2 heterocycles. The third kappa shape index (κ3) is 4.57. The molecule has 0 bridgehead atoms. The molecule has 10 heteroatoms. The van der Waals surface area contributed by atoms with E-state index >= 15 is 0 Å². The van der Waals surface area contributed by atoms with Gasteiger partial charge in [0, 0.05) is 45.0 Å². The van der Waals surface area contributed by atoms with Crippen molar-refractivity contribution in [3.8, 4) is 0 Å². The predicted octanol–water partition coefficient (Wildman–Crippen LogP) is 0.0731. The molecule has 1 aliphatic rings. The second kappa shape index (κ2) is 8.53. The van der Waals surface area contributed by atoms with Gasteiger partial charge in [-0.25, -0.2) is 13.4 Å². The molecule has 0 aliphatic carbocycles. The third-order valence-electron chi connectivity index (χ3n) is 4.53. The summed E-state index contributed by atoms with van der Waals surface area (Å²) in [5.41, 5.74) is 0.485. The summed E-state index contributed by atoms with van der Waals surface area (Å²) in [4.78, 5) is 30.0. The molecular formula is C18H23N5O4S. The van der Waals surface area contributed by atoms with E-state index in [-0.39, 0.29) is 36.5 Å². The number of nitrogens with zero attached hydrogens (tertiary/aromatic N) is 4. The Morgan fingerprint density at radius 3 is 2.54 bits per heavy atom. The molecular weight excluding hydrogens is 382 g/mol. The summed E-state index contributed by atoms with van der Waals surface area (Å²) in [6.45, 7) is 1.09. The molecule has 0 unspecified atom stereocenters. The monoisotopic (exact) mass is 405 g/mol. The van der Waals surface area contributed by atoms with E-state index in [2.05, 4.69) is 10.3 Å². The average Bonchev–Trinajstić information content (AvgIpc) is 2.99. The number of sulfonamides is 1. The number of amides is 2. The van der Waals surface area contributed by atoms with Gasteiger partial charge in [0.05, 0.1) is 12.9 Å². The Kier molecular flexibility index (Phi) is 6.10. The van der Waals surface area contributed by atoms with Gasteiger partial charge in [0.25, 0.3) is 15.9 Å². The number of nitrogens with one attached hydrogen (secondary N) is 1. The Morgan fingerprint density at radius 1 is 1.11 bits per heavy atom. The second-order valence-electron chi connectivity index (χ2n) is 6.56. The van der Waals surface area contributed by atoms with E-state index in [0.29, 0.717) is 25.1 Å². The number of carbonyl (C=O) groups is 2. The molecule has 1 N–H and O–H groups in total. The minimum absolute atomic E-state index is 0.00454. The minimum Gasteiger partial charge on any atom is -0.343 e. The van der Waals surface area contributed by atoms with Gasteiger partial charge in [-0.3, -0.25) is 9.59 Å². The lowest BCUT2D eigenvalue weighted by molar-refractivity contribution is -0.129. The van der Waals surface area contributed by atoms with Gasteiger partial charge < -0.3 is 14.8 Å². The van der Waals surface area contributed by atoms with Crippen molar-refractivity contribution in [2.45, 2.75) is 11.4 Å². The Hall–Kier alpha value is -2.72. The highest BCUT2D eigenvalue weighted by atomic mass is 32.2. The molecule has 9 nitrogen and oxygen atoms in total. The molecule has 0 atom stereocenters. The van der Waals surface area contributed by atoms with E-state index < -0.39 is 10.0 Å². The lowest BCUT2D eigenvalue weighted by Gasteiger charge is -2.21. The van der Waals surface area contributed by atoms with Crippen LogP contribution in [0.5, 0.6) is 0 Å². The lowest BCUT2D eigenvalue weighted by atomic mass is 10.2. The summed E-state index contributed by atoms with van der Waals surface area (Å²) in [5, 5.41) is 2.62. The van der Waals surface area contributed by atoms with Crippen molar-refractivity contribution < 1.29 is 18.0 Å². The van der Waals surface area contributed by atoms with Crippen LogP contribution in [0, 0.1) is 0 Å². The maximum absolute atomic E-state index is 12.7. The molecule has 28 heavy (non-hydrogen) atoms. The van der Waals surface area contributed by atoms with E-state index in [4.69, 9.17) is 0 Å². The highest BCUT2D eigenvalue weighted by molar-refractivity contribution is 7.89. The van der Waals surface area contributed by atoms with Crippen LogP contribution in [-0.4, -0.2) is 71.7 Å². The first-order valence-corrected chi connectivity index (χ1v) is 10.4. The highest BCUT2D eigenvalue weighted by Gasteiger charge is 2.29. The first-order chi connectivity index (χ1) is 13.4. The zero-order valence-electron chi connectivity index (χ0n) is 15.6. The van der Waals surface area contributed by atoms with E-state index in [1.807, 2.05) is 6.07 Å². The quantitative estimate of drug-likeness (QED) is 0.758. The smallest absolute Gasteiger partial charge is 0.262 e. The largest absolute Gasteiger partial charge is 0.343 e. The molecule has 150 valence electrons. The summed E-state index contributed by atoms with van der Waals surface area (Å²) in [7, 11) is -1.97. The number of carbonyl (C=O) groups excluding carboxylic acids is 2. The number of rotatable bonds is 5. The first-order valence-electron chi connectivity index (χ1n) is 8.97. The van der Waals surface area contributed by atoms with Crippen LogP contribution < -0.4 is 5.32 Å². The predicted molar refractivity (Wildman–Crippen MR) is 102 cm³/mol. The molecule has 1 saturated heterocycles. The molecule has 0 spiro atoms. The van der Waals surface area contributed by atoms with Gasteiger partial charge in [0.2, 0.25) is 5.91 Å². The van der Waals surface area contributed by atoms with E-state index in [1.54, 1.807) is 40.8 Å². The van der Waals surface area contributed by atoms with Crippen molar-refractivity contribution in [2.24, 2.45) is 7.05 Å². The Morgan fingerprint density at radius 2 is 1.86 bits per heavy atom. The average molecular weight is 405 g/mol. The van der Waals surface area contributed by atoms with Crippen LogP contribution in [0.2, 0.25) is 0 Å². The van der Waals surface area contributed by atoms with Crippen LogP contribution in [0.25, 0.3) is 0 Å². The van der Waals surface area contributed by atoms with Gasteiger partial charge in [-0.05, 0) is 18.6 Å². The molecule has 2 aromatic rings. The van der Waals surface area contributed by atoms with E-state index in [9.17, 15) is 18.0 Å². The van der Waals surface area contributed by atoms with Crippen LogP contribution in [0.1, 0.15) is 16.8 Å². The number of benzene rings is 1. The Bertz CT molecular complexity index is 942. The van der Waals surface area contributed by atoms with Crippen LogP contribution in [-0.2, 0) is 21.9 Å². The lowest BCUT2D eigenvalue weighted by Crippen LogP contribution is -2.42. The third-order valence-corrected chi connectivity index (χ3v) is 6.31. The molecule has 0 radical (unpaired) electrons. The zero-order chi connectivity index (χ0) is 20.1. The van der Waals surface area contributed by atoms with Crippen LogP contribution in [0.4, 0.5) is 0 Å². The highest BCUT2D eigenvalue weighted by Crippen LogP contribution is 2.15. The van der Waals surface area contributed by atoms with E-state index in [1.165, 1.54) is 16.8 Å². The molecule has 1 fully saturated rings. The van der Waals surface area contributed by atoms with Crippen molar-refractivity contribution in [3.05, 3.63) is 48.4 Å². The molecule has 1 aromatic carbocycles. The van der Waals surface area contributed by atoms with Gasteiger partial charge in [0.1, 0.15) is 0 Å². The van der Waals surface area contributed by atoms with Crippen molar-refractivity contribution in [2.75, 3.05) is 32.7 Å². The summed E-state index contributed by atoms with van der Waals surface area (Å²) >= 11 is 0. The van der Waals surface area contributed by atoms with Gasteiger partial charge in [-0.1, -0.05) is 18.2 Å². The number of aryl methyl sites for hydroxylation is 1. The molecule has 3 rings (SSSR count). The summed E-state index contributed by atoms with van der Waals surface area (Å²) in [6.07, 6.45) is 3.42. The second-order valence-corrected chi connectivity index (χ2v) is 8.45. The topological polar surface area (TPSA) is 105 Å². The van der Waals surface area contributed by atoms with Gasteiger partial charge in [-0.2, -0.15) is 4.31 Å². The van der Waals surface area contributed by atoms with Gasteiger partial charge >= 0.3 is 0 Å². The summed E-state index contributed by atoms with van der Waals surface area (Å²) in [5.74, 6) is -0.551. The fraction of sp³-hybridized carbons (Fsp3) is 0.389. The van der Waals surface area contributed by atoms with Crippen LogP contribution in [0.3, 0.4) is 0 Å². The van der Waals surface area contributed by atoms with Crippen molar-refractivity contribution in [3.63, 3.8) is 0 Å².